The Kier molecular flexibility index (Phi) is 5.10. The van der Waals surface area contributed by atoms with Gasteiger partial charge in [0, 0.05) is 0 Å². The van der Waals surface area contributed by atoms with Crippen LogP contribution >= 0.6 is 0 Å². The SMILES string of the molecule is C=C(CC)COc1c(F)cc(CCN)cc1F. The fourth-order valence-electron chi connectivity index (χ4n) is 1.34. The first-order chi connectivity index (χ1) is 8.08. The second kappa shape index (κ2) is 6.35. The van der Waals surface area contributed by atoms with Crippen LogP contribution in [0.2, 0.25) is 0 Å². The molecule has 0 fully saturated rings. The molecule has 94 valence electrons. The minimum absolute atomic E-state index is 0.126. The van der Waals surface area contributed by atoms with E-state index in [0.29, 0.717) is 24.9 Å². The zero-order valence-corrected chi connectivity index (χ0v) is 9.93. The molecule has 0 aliphatic rings. The van der Waals surface area contributed by atoms with Crippen molar-refractivity contribution in [3.63, 3.8) is 0 Å². The summed E-state index contributed by atoms with van der Waals surface area (Å²) in [6, 6.07) is 2.50. The maximum Gasteiger partial charge on any atom is 0.191 e. The quantitative estimate of drug-likeness (QED) is 0.777. The molecule has 1 aromatic rings. The summed E-state index contributed by atoms with van der Waals surface area (Å²) in [6.07, 6.45) is 1.16. The Morgan fingerprint density at radius 3 is 2.41 bits per heavy atom. The third-order valence-electron chi connectivity index (χ3n) is 2.41. The molecule has 0 amide bonds. The van der Waals surface area contributed by atoms with E-state index in [0.717, 1.165) is 5.57 Å². The molecule has 0 heterocycles. The van der Waals surface area contributed by atoms with Crippen molar-refractivity contribution in [1.29, 1.82) is 0 Å². The number of halogens is 2. The lowest BCUT2D eigenvalue weighted by atomic mass is 10.1. The number of hydrogen-bond donors (Lipinski definition) is 1. The molecule has 0 bridgehead atoms. The second-order valence-electron chi connectivity index (χ2n) is 3.82. The molecule has 0 saturated carbocycles. The van der Waals surface area contributed by atoms with Crippen LogP contribution in [0.5, 0.6) is 5.75 Å². The van der Waals surface area contributed by atoms with Crippen LogP contribution in [0.15, 0.2) is 24.3 Å². The lowest BCUT2D eigenvalue weighted by Gasteiger charge is -2.10. The van der Waals surface area contributed by atoms with Gasteiger partial charge in [-0.3, -0.25) is 0 Å². The molecule has 1 aromatic carbocycles. The highest BCUT2D eigenvalue weighted by atomic mass is 19.1. The van der Waals surface area contributed by atoms with Gasteiger partial charge in [-0.15, -0.1) is 0 Å². The summed E-state index contributed by atoms with van der Waals surface area (Å²) in [4.78, 5) is 0. The van der Waals surface area contributed by atoms with Crippen molar-refractivity contribution in [2.24, 2.45) is 5.73 Å². The molecule has 0 radical (unpaired) electrons. The number of rotatable bonds is 6. The van der Waals surface area contributed by atoms with Gasteiger partial charge in [-0.1, -0.05) is 13.5 Å². The normalized spacial score (nSPS) is 10.4. The Bertz CT molecular complexity index is 381. The zero-order valence-electron chi connectivity index (χ0n) is 9.93. The molecule has 0 unspecified atom stereocenters. The van der Waals surface area contributed by atoms with E-state index in [2.05, 4.69) is 6.58 Å². The predicted octanol–water partition coefficient (Wildman–Crippen LogP) is 2.81. The van der Waals surface area contributed by atoms with Gasteiger partial charge in [0.15, 0.2) is 17.4 Å². The summed E-state index contributed by atoms with van der Waals surface area (Å²) in [6.45, 7) is 6.09. The van der Waals surface area contributed by atoms with Gasteiger partial charge in [-0.05, 0) is 42.7 Å². The van der Waals surface area contributed by atoms with Gasteiger partial charge < -0.3 is 10.5 Å². The minimum atomic E-state index is -0.697. The van der Waals surface area contributed by atoms with Crippen molar-refractivity contribution >= 4 is 0 Å². The Balaban J connectivity index is 2.82. The number of ether oxygens (including phenoxy) is 1. The van der Waals surface area contributed by atoms with Gasteiger partial charge in [0.1, 0.15) is 6.61 Å². The molecule has 4 heteroatoms. The molecular formula is C13H17F2NO. The van der Waals surface area contributed by atoms with Crippen LogP contribution in [0.4, 0.5) is 8.78 Å². The maximum absolute atomic E-state index is 13.6. The number of benzene rings is 1. The Morgan fingerprint density at radius 1 is 1.35 bits per heavy atom. The molecule has 2 nitrogen and oxygen atoms in total. The monoisotopic (exact) mass is 241 g/mol. The summed E-state index contributed by atoms with van der Waals surface area (Å²) in [7, 11) is 0. The molecule has 1 rings (SSSR count). The van der Waals surface area contributed by atoms with Gasteiger partial charge in [0.25, 0.3) is 0 Å². The van der Waals surface area contributed by atoms with E-state index < -0.39 is 11.6 Å². The second-order valence-corrected chi connectivity index (χ2v) is 3.82. The number of nitrogens with two attached hydrogens (primary N) is 1. The van der Waals surface area contributed by atoms with Crippen LogP contribution in [0.3, 0.4) is 0 Å². The molecule has 0 spiro atoms. The summed E-state index contributed by atoms with van der Waals surface area (Å²) < 4.78 is 32.2. The van der Waals surface area contributed by atoms with Crippen LogP contribution in [0.1, 0.15) is 18.9 Å². The van der Waals surface area contributed by atoms with E-state index in [1.807, 2.05) is 6.92 Å². The average molecular weight is 241 g/mol. The number of hydrogen-bond acceptors (Lipinski definition) is 2. The molecule has 0 aromatic heterocycles. The summed E-state index contributed by atoms with van der Waals surface area (Å²) in [5, 5.41) is 0. The fraction of sp³-hybridized carbons (Fsp3) is 0.385. The van der Waals surface area contributed by atoms with Crippen molar-refractivity contribution in [2.75, 3.05) is 13.2 Å². The van der Waals surface area contributed by atoms with Crippen molar-refractivity contribution in [3.05, 3.63) is 41.5 Å². The molecule has 0 atom stereocenters. The van der Waals surface area contributed by atoms with Gasteiger partial charge >= 0.3 is 0 Å². The highest BCUT2D eigenvalue weighted by Crippen LogP contribution is 2.24. The first kappa shape index (κ1) is 13.6. The smallest absolute Gasteiger partial charge is 0.191 e. The Labute approximate surface area is 100 Å². The van der Waals surface area contributed by atoms with E-state index in [1.54, 1.807) is 0 Å². The largest absolute Gasteiger partial charge is 0.483 e. The average Bonchev–Trinajstić information content (AvgIpc) is 2.28. The summed E-state index contributed by atoms with van der Waals surface area (Å²) in [5.41, 5.74) is 6.65. The van der Waals surface area contributed by atoms with Crippen LogP contribution in [-0.2, 0) is 6.42 Å². The zero-order chi connectivity index (χ0) is 12.8. The van der Waals surface area contributed by atoms with Gasteiger partial charge in [-0.2, -0.15) is 0 Å². The molecule has 0 saturated heterocycles. The van der Waals surface area contributed by atoms with Crippen molar-refractivity contribution < 1.29 is 13.5 Å². The van der Waals surface area contributed by atoms with E-state index in [4.69, 9.17) is 10.5 Å². The Hall–Kier alpha value is -1.42. The minimum Gasteiger partial charge on any atom is -0.483 e. The molecule has 2 N–H and O–H groups in total. The fourth-order valence-corrected chi connectivity index (χ4v) is 1.34. The highest BCUT2D eigenvalue weighted by molar-refractivity contribution is 5.31. The predicted molar refractivity (Wildman–Crippen MR) is 64.0 cm³/mol. The molecular weight excluding hydrogens is 224 g/mol. The van der Waals surface area contributed by atoms with E-state index in [9.17, 15) is 8.78 Å². The van der Waals surface area contributed by atoms with Crippen LogP contribution in [0.25, 0.3) is 0 Å². The first-order valence-electron chi connectivity index (χ1n) is 5.56. The Morgan fingerprint density at radius 2 is 1.94 bits per heavy atom. The van der Waals surface area contributed by atoms with Crippen LogP contribution in [0, 0.1) is 11.6 Å². The van der Waals surface area contributed by atoms with Gasteiger partial charge in [0.2, 0.25) is 0 Å². The topological polar surface area (TPSA) is 35.2 Å². The van der Waals surface area contributed by atoms with Crippen LogP contribution < -0.4 is 10.5 Å². The van der Waals surface area contributed by atoms with Gasteiger partial charge in [-0.25, -0.2) is 8.78 Å². The lowest BCUT2D eigenvalue weighted by Crippen LogP contribution is -2.06. The third-order valence-corrected chi connectivity index (χ3v) is 2.41. The van der Waals surface area contributed by atoms with Gasteiger partial charge in [0.05, 0.1) is 0 Å². The van der Waals surface area contributed by atoms with Crippen molar-refractivity contribution in [1.82, 2.24) is 0 Å². The lowest BCUT2D eigenvalue weighted by molar-refractivity contribution is 0.310. The van der Waals surface area contributed by atoms with E-state index >= 15 is 0 Å². The summed E-state index contributed by atoms with van der Waals surface area (Å²) >= 11 is 0. The maximum atomic E-state index is 13.6. The van der Waals surface area contributed by atoms with Crippen LogP contribution in [-0.4, -0.2) is 13.2 Å². The molecule has 0 aliphatic carbocycles. The molecule has 17 heavy (non-hydrogen) atoms. The van der Waals surface area contributed by atoms with E-state index in [1.165, 1.54) is 12.1 Å². The standard InChI is InChI=1S/C13H17F2NO/c1-3-9(2)8-17-13-11(14)6-10(4-5-16)7-12(13)15/h6-7H,2-5,8,16H2,1H3. The highest BCUT2D eigenvalue weighted by Gasteiger charge is 2.12. The van der Waals surface area contributed by atoms with Crippen molar-refractivity contribution in [3.8, 4) is 5.75 Å². The summed E-state index contributed by atoms with van der Waals surface area (Å²) in [5.74, 6) is -1.74. The first-order valence-corrected chi connectivity index (χ1v) is 5.56. The molecule has 0 aliphatic heterocycles. The van der Waals surface area contributed by atoms with Crippen molar-refractivity contribution in [2.45, 2.75) is 19.8 Å². The van der Waals surface area contributed by atoms with E-state index in [-0.39, 0.29) is 12.4 Å². The third kappa shape index (κ3) is 3.82.